The Labute approximate surface area is 341 Å². The summed E-state index contributed by atoms with van der Waals surface area (Å²) in [5.41, 5.74) is 0.603. The second-order valence-electron chi connectivity index (χ2n) is 17.2. The molecule has 4 aromatic heterocycles. The average Bonchev–Trinajstić information content (AvgIpc) is 4.05. The van der Waals surface area contributed by atoms with Gasteiger partial charge in [0.25, 0.3) is 0 Å². The summed E-state index contributed by atoms with van der Waals surface area (Å²) in [6.07, 6.45) is 6.65. The highest BCUT2D eigenvalue weighted by molar-refractivity contribution is 7.92. The fourth-order valence-electron chi connectivity index (χ4n) is 6.76. The number of aryl methyl sites for hydroxylation is 1. The molecule has 0 unspecified atom stereocenters. The smallest absolute Gasteiger partial charge is 0.416 e. The van der Waals surface area contributed by atoms with Gasteiger partial charge in [0.2, 0.25) is 5.91 Å². The summed E-state index contributed by atoms with van der Waals surface area (Å²) in [7, 11) is -3.01. The number of carbonyl (C=O) groups excluding carboxylic acids is 5. The zero-order chi connectivity index (χ0) is 42.8. The number of carbonyl (C=O) groups is 5. The molecule has 1 N–H and O–H groups in total. The molecule has 4 aromatic rings. The molecule has 5 amide bonds. The second kappa shape index (κ2) is 15.0. The minimum absolute atomic E-state index is 0.118. The van der Waals surface area contributed by atoms with Crippen LogP contribution in [0.2, 0.25) is 0 Å². The first-order valence-electron chi connectivity index (χ1n) is 19.2. The first-order chi connectivity index (χ1) is 27.6. The van der Waals surface area contributed by atoms with E-state index in [1.54, 1.807) is 71.3 Å². The zero-order valence-electron chi connectivity index (χ0n) is 34.2. The number of nitrogens with one attached hydrogen (secondary N) is 1. The molecule has 0 radical (unpaired) electrons. The summed E-state index contributed by atoms with van der Waals surface area (Å²) in [6.45, 7) is 11.3. The molecule has 18 nitrogen and oxygen atoms in total. The predicted molar refractivity (Wildman–Crippen MR) is 214 cm³/mol. The van der Waals surface area contributed by atoms with E-state index in [1.807, 2.05) is 12.3 Å². The summed E-state index contributed by atoms with van der Waals surface area (Å²) < 4.78 is 40.9. The molecule has 312 valence electrons. The van der Waals surface area contributed by atoms with Crippen molar-refractivity contribution >= 4 is 62.6 Å². The number of Topliss-reactive ketones (excluding diaryl/α,β-unsaturated/α-hetero) is 1. The van der Waals surface area contributed by atoms with E-state index in [0.29, 0.717) is 29.3 Å². The Morgan fingerprint density at radius 3 is 2.32 bits per heavy atom. The summed E-state index contributed by atoms with van der Waals surface area (Å²) in [5.74, 6) is -2.05. The number of hydrogen-bond donors (Lipinski definition) is 1. The molecule has 7 rings (SSSR count). The molecule has 19 heteroatoms. The highest BCUT2D eigenvalue weighted by Crippen LogP contribution is 2.47. The van der Waals surface area contributed by atoms with Gasteiger partial charge < -0.3 is 13.9 Å². The van der Waals surface area contributed by atoms with Crippen LogP contribution in [-0.4, -0.2) is 98.1 Å². The Morgan fingerprint density at radius 1 is 0.983 bits per heavy atom. The monoisotopic (exact) mass is 829 g/mol. The Hall–Kier alpha value is -5.98. The molecule has 1 aliphatic heterocycles. The summed E-state index contributed by atoms with van der Waals surface area (Å²) in [5, 5.41) is 2.49. The van der Waals surface area contributed by atoms with Crippen LogP contribution in [-0.2, 0) is 35.4 Å². The van der Waals surface area contributed by atoms with Gasteiger partial charge in [-0.05, 0) is 91.3 Å². The number of nitrogens with zero attached hydrogens (tertiary/aromatic N) is 8. The molecule has 2 saturated carbocycles. The predicted octanol–water partition coefficient (Wildman–Crippen LogP) is 5.54. The van der Waals surface area contributed by atoms with Crippen molar-refractivity contribution in [2.24, 2.45) is 5.92 Å². The highest BCUT2D eigenvalue weighted by atomic mass is 32.2. The van der Waals surface area contributed by atoms with Gasteiger partial charge in [0, 0.05) is 49.2 Å². The zero-order valence-corrected chi connectivity index (χ0v) is 35.0. The van der Waals surface area contributed by atoms with Gasteiger partial charge in [-0.25, -0.2) is 42.7 Å². The van der Waals surface area contributed by atoms with Crippen molar-refractivity contribution < 1.29 is 41.9 Å². The minimum Gasteiger partial charge on any atom is -0.444 e. The van der Waals surface area contributed by atoms with E-state index in [1.165, 1.54) is 18.0 Å². The molecule has 3 aliphatic rings. The molecular formula is C40H47N9O9S. The first kappa shape index (κ1) is 41.2. The summed E-state index contributed by atoms with van der Waals surface area (Å²) in [6, 6.07) is 4.29. The topological polar surface area (TPSA) is 216 Å². The third kappa shape index (κ3) is 9.19. The number of hydrogen-bond acceptors (Lipinski definition) is 13. The van der Waals surface area contributed by atoms with Gasteiger partial charge >= 0.3 is 18.2 Å². The number of anilines is 3. The Balaban J connectivity index is 1.24. The van der Waals surface area contributed by atoms with E-state index >= 15 is 0 Å². The molecule has 0 spiro atoms. The number of amides is 5. The van der Waals surface area contributed by atoms with Gasteiger partial charge in [-0.2, -0.15) is 0 Å². The lowest BCUT2D eigenvalue weighted by Gasteiger charge is -2.27. The van der Waals surface area contributed by atoms with Crippen molar-refractivity contribution in [3.05, 3.63) is 65.8 Å². The van der Waals surface area contributed by atoms with Crippen LogP contribution in [0.5, 0.6) is 0 Å². The van der Waals surface area contributed by atoms with E-state index < -0.39 is 61.6 Å². The number of urea groups is 1. The first-order valence-corrected chi connectivity index (χ1v) is 20.9. The number of rotatable bonds is 11. The van der Waals surface area contributed by atoms with Crippen LogP contribution in [0.25, 0.3) is 5.65 Å². The quantitative estimate of drug-likeness (QED) is 0.184. The van der Waals surface area contributed by atoms with E-state index in [-0.39, 0.29) is 42.3 Å². The molecule has 2 atom stereocenters. The van der Waals surface area contributed by atoms with Crippen LogP contribution in [0.1, 0.15) is 95.4 Å². The van der Waals surface area contributed by atoms with Crippen molar-refractivity contribution in [1.82, 2.24) is 29.2 Å². The number of fused-ring (bicyclic) bond motifs is 1. The van der Waals surface area contributed by atoms with Crippen LogP contribution in [0.3, 0.4) is 0 Å². The molecule has 0 bridgehead atoms. The fourth-order valence-corrected chi connectivity index (χ4v) is 8.17. The number of likely N-dealkylation sites (N-methyl/N-ethyl adjacent to an activating group) is 1. The second-order valence-corrected chi connectivity index (χ2v) is 19.1. The van der Waals surface area contributed by atoms with Gasteiger partial charge in [0.15, 0.2) is 21.3 Å². The molecule has 1 saturated heterocycles. The number of sulfone groups is 1. The Bertz CT molecular complexity index is 2500. The number of pyridine rings is 2. The maximum Gasteiger partial charge on any atom is 0.416 e. The molecule has 0 aromatic carbocycles. The summed E-state index contributed by atoms with van der Waals surface area (Å²) in [4.78, 5) is 87.0. The third-order valence-electron chi connectivity index (χ3n) is 9.84. The molecular weight excluding hydrogens is 783 g/mol. The van der Waals surface area contributed by atoms with Crippen LogP contribution in [0.15, 0.2) is 47.9 Å². The molecule has 2 aliphatic carbocycles. The lowest BCUT2D eigenvalue weighted by Crippen LogP contribution is -2.37. The average molecular weight is 830 g/mol. The maximum atomic E-state index is 14.0. The maximum absolute atomic E-state index is 14.0. The van der Waals surface area contributed by atoms with Gasteiger partial charge in [0.1, 0.15) is 40.0 Å². The standard InChI is InChI=1S/C40H47N9O9S/c1-22-11-12-41-34(43-22)27-14-26(27)30(50)21-59(55,56)31-16-42-32(15-28(31)45-36(52)57-39(2,3)4)49(38(54)58-40(5,6)7)19-25-18-47-17-24(23-9-10-23)13-29(35(47)44-25)48-20-33(51)46(8)37(48)53/h11-13,15-18,23,26-27H,9-10,14,19-21H2,1-8H3,(H,42,45,52)/t26-,27-/m0/s1. The van der Waals surface area contributed by atoms with Crippen molar-refractivity contribution in [3.63, 3.8) is 0 Å². The van der Waals surface area contributed by atoms with E-state index in [2.05, 4.69) is 20.3 Å². The van der Waals surface area contributed by atoms with Gasteiger partial charge in [0.05, 0.1) is 29.8 Å². The Morgan fingerprint density at radius 2 is 1.69 bits per heavy atom. The number of imidazole rings is 1. The molecule has 5 heterocycles. The number of imide groups is 1. The van der Waals surface area contributed by atoms with Crippen molar-refractivity contribution in [2.45, 2.75) is 102 Å². The SMILES string of the molecule is Cc1ccnc([C@H]2C[C@@H]2C(=O)CS(=O)(=O)c2cnc(N(Cc3cn4cc(C5CC5)cc(N5CC(=O)N(C)C5=O)c4n3)C(=O)OC(C)(C)C)cc2NC(=O)OC(C)(C)C)n1. The van der Waals surface area contributed by atoms with Crippen molar-refractivity contribution in [3.8, 4) is 0 Å². The van der Waals surface area contributed by atoms with Gasteiger partial charge in [-0.15, -0.1) is 0 Å². The van der Waals surface area contributed by atoms with Crippen LogP contribution < -0.4 is 15.1 Å². The highest BCUT2D eigenvalue weighted by Gasteiger charge is 2.47. The van der Waals surface area contributed by atoms with E-state index in [0.717, 1.165) is 40.1 Å². The van der Waals surface area contributed by atoms with Crippen molar-refractivity contribution in [1.29, 1.82) is 0 Å². The van der Waals surface area contributed by atoms with Crippen LogP contribution in [0.4, 0.5) is 31.6 Å². The van der Waals surface area contributed by atoms with Gasteiger partial charge in [-0.3, -0.25) is 29.6 Å². The normalized spacial score (nSPS) is 18.3. The number of ketones is 1. The molecule has 59 heavy (non-hydrogen) atoms. The lowest BCUT2D eigenvalue weighted by molar-refractivity contribution is -0.124. The number of ether oxygens (including phenoxy) is 2. The number of aromatic nitrogens is 5. The summed E-state index contributed by atoms with van der Waals surface area (Å²) >= 11 is 0. The van der Waals surface area contributed by atoms with Crippen LogP contribution in [0, 0.1) is 12.8 Å². The fraction of sp³-hybridized carbons (Fsp3) is 0.475. The van der Waals surface area contributed by atoms with Crippen LogP contribution >= 0.6 is 0 Å². The largest absolute Gasteiger partial charge is 0.444 e. The minimum atomic E-state index is -4.43. The van der Waals surface area contributed by atoms with Crippen molar-refractivity contribution in [2.75, 3.05) is 34.5 Å². The van der Waals surface area contributed by atoms with Gasteiger partial charge in [-0.1, -0.05) is 0 Å². The third-order valence-corrected chi connectivity index (χ3v) is 11.5. The van der Waals surface area contributed by atoms with E-state index in [9.17, 15) is 32.4 Å². The lowest BCUT2D eigenvalue weighted by atomic mass is 10.1. The van der Waals surface area contributed by atoms with E-state index in [4.69, 9.17) is 14.5 Å². The Kier molecular flexibility index (Phi) is 10.5. The molecule has 3 fully saturated rings.